The first-order valence-electron chi connectivity index (χ1n) is 7.92. The lowest BCUT2D eigenvalue weighted by Gasteiger charge is -2.03. The molecule has 23 heavy (non-hydrogen) atoms. The summed E-state index contributed by atoms with van der Waals surface area (Å²) in [7, 11) is 0. The van der Waals surface area contributed by atoms with Crippen molar-refractivity contribution in [1.29, 1.82) is 0 Å². The maximum atomic E-state index is 11.8. The van der Waals surface area contributed by atoms with Crippen LogP contribution in [0.3, 0.4) is 0 Å². The molecule has 4 heteroatoms. The summed E-state index contributed by atoms with van der Waals surface area (Å²) in [4.78, 5) is 11.8. The van der Waals surface area contributed by atoms with Crippen molar-refractivity contribution in [3.8, 4) is 0 Å². The van der Waals surface area contributed by atoms with Crippen molar-refractivity contribution in [1.82, 2.24) is 5.43 Å². The predicted octanol–water partition coefficient (Wildman–Crippen LogP) is 4.66. The van der Waals surface area contributed by atoms with E-state index in [1.807, 2.05) is 18.2 Å². The molecule has 1 N–H and O–H groups in total. The van der Waals surface area contributed by atoms with Crippen LogP contribution >= 0.6 is 0 Å². The lowest BCUT2D eigenvalue weighted by molar-refractivity contribution is 0.0927. The minimum Gasteiger partial charge on any atom is -0.459 e. The van der Waals surface area contributed by atoms with Gasteiger partial charge in [0.2, 0.25) is 0 Å². The molecule has 1 aromatic heterocycles. The van der Waals surface area contributed by atoms with Crippen LogP contribution in [0.15, 0.2) is 63.8 Å². The molecule has 120 valence electrons. The van der Waals surface area contributed by atoms with E-state index in [-0.39, 0.29) is 11.7 Å². The van der Waals surface area contributed by atoms with Gasteiger partial charge in [0, 0.05) is 0 Å². The van der Waals surface area contributed by atoms with Crippen LogP contribution in [0.2, 0.25) is 0 Å². The fraction of sp³-hybridized carbons (Fsp3) is 0.263. The number of hydrogen-bond donors (Lipinski definition) is 1. The Morgan fingerprint density at radius 2 is 2.00 bits per heavy atom. The highest BCUT2D eigenvalue weighted by molar-refractivity contribution is 5.92. The average Bonchev–Trinajstić information content (AvgIpc) is 3.10. The summed E-state index contributed by atoms with van der Waals surface area (Å²) in [5.41, 5.74) is 4.70. The Hall–Kier alpha value is -2.62. The summed E-state index contributed by atoms with van der Waals surface area (Å²) in [6.45, 7) is 2.18. The molecule has 0 bridgehead atoms. The Bertz CT molecular complexity index is 643. The van der Waals surface area contributed by atoms with Gasteiger partial charge in [-0.2, -0.15) is 5.10 Å². The van der Waals surface area contributed by atoms with Crippen molar-refractivity contribution in [2.45, 2.75) is 32.6 Å². The van der Waals surface area contributed by atoms with E-state index in [2.05, 4.69) is 35.7 Å². The number of amides is 1. The maximum Gasteiger partial charge on any atom is 0.307 e. The minimum absolute atomic E-state index is 0.252. The monoisotopic (exact) mass is 310 g/mol. The number of carbonyl (C=O) groups excluding carboxylic acids is 1. The summed E-state index contributed by atoms with van der Waals surface area (Å²) in [5, 5.41) is 4.05. The number of nitrogens with one attached hydrogen (secondary N) is 1. The SMILES string of the molecule is CCCCCC(C=NNC(=O)c1ccco1)=Cc1ccccc1. The normalized spacial score (nSPS) is 11.8. The number of hydrogen-bond acceptors (Lipinski definition) is 3. The molecule has 0 saturated heterocycles. The maximum absolute atomic E-state index is 11.8. The summed E-state index contributed by atoms with van der Waals surface area (Å²) >= 11 is 0. The van der Waals surface area contributed by atoms with Gasteiger partial charge in [0.15, 0.2) is 5.76 Å². The van der Waals surface area contributed by atoms with Gasteiger partial charge in [0.1, 0.15) is 0 Å². The van der Waals surface area contributed by atoms with E-state index in [1.165, 1.54) is 19.1 Å². The molecule has 0 fully saturated rings. The van der Waals surface area contributed by atoms with Crippen molar-refractivity contribution in [3.63, 3.8) is 0 Å². The first kappa shape index (κ1) is 16.7. The van der Waals surface area contributed by atoms with Crippen molar-refractivity contribution in [2.75, 3.05) is 0 Å². The van der Waals surface area contributed by atoms with Gasteiger partial charge in [-0.05, 0) is 36.1 Å². The molecule has 0 unspecified atom stereocenters. The number of furan rings is 1. The van der Waals surface area contributed by atoms with Crippen LogP contribution in [-0.4, -0.2) is 12.1 Å². The molecular weight excluding hydrogens is 288 g/mol. The highest BCUT2D eigenvalue weighted by Gasteiger charge is 2.06. The first-order valence-corrected chi connectivity index (χ1v) is 7.92. The standard InChI is InChI=1S/C19H22N2O2/c1-2-3-5-11-17(14-16-9-6-4-7-10-16)15-20-21-19(22)18-12-8-13-23-18/h4,6-10,12-15H,2-3,5,11H2,1H3,(H,21,22). The van der Waals surface area contributed by atoms with Gasteiger partial charge in [0.25, 0.3) is 0 Å². The number of benzene rings is 1. The van der Waals surface area contributed by atoms with Crippen LogP contribution in [0, 0.1) is 0 Å². The number of rotatable bonds is 8. The fourth-order valence-corrected chi connectivity index (χ4v) is 2.15. The van der Waals surface area contributed by atoms with E-state index in [4.69, 9.17) is 4.42 Å². The predicted molar refractivity (Wildman–Crippen MR) is 93.2 cm³/mol. The Labute approximate surface area is 136 Å². The van der Waals surface area contributed by atoms with E-state index in [0.717, 1.165) is 24.0 Å². The number of unbranched alkanes of at least 4 members (excludes halogenated alkanes) is 2. The molecule has 2 aromatic rings. The van der Waals surface area contributed by atoms with Gasteiger partial charge < -0.3 is 4.42 Å². The molecule has 1 heterocycles. The smallest absolute Gasteiger partial charge is 0.307 e. The van der Waals surface area contributed by atoms with Crippen LogP contribution in [0.5, 0.6) is 0 Å². The van der Waals surface area contributed by atoms with Gasteiger partial charge in [-0.1, -0.05) is 56.2 Å². The third-order valence-electron chi connectivity index (χ3n) is 3.36. The van der Waals surface area contributed by atoms with Gasteiger partial charge in [-0.25, -0.2) is 5.43 Å². The lowest BCUT2D eigenvalue weighted by atomic mass is 10.1. The quantitative estimate of drug-likeness (QED) is 0.438. The molecule has 4 nitrogen and oxygen atoms in total. The van der Waals surface area contributed by atoms with Crippen molar-refractivity contribution in [2.24, 2.45) is 5.10 Å². The third kappa shape index (κ3) is 5.94. The zero-order valence-electron chi connectivity index (χ0n) is 13.4. The Morgan fingerprint density at radius 3 is 2.70 bits per heavy atom. The second-order valence-electron chi connectivity index (χ2n) is 5.26. The molecule has 0 radical (unpaired) electrons. The number of nitrogens with zero attached hydrogens (tertiary/aromatic N) is 1. The van der Waals surface area contributed by atoms with Crippen molar-refractivity contribution >= 4 is 18.2 Å². The largest absolute Gasteiger partial charge is 0.459 e. The Kier molecular flexibility index (Phi) is 6.85. The fourth-order valence-electron chi connectivity index (χ4n) is 2.15. The van der Waals surface area contributed by atoms with Crippen LogP contribution in [0.25, 0.3) is 6.08 Å². The van der Waals surface area contributed by atoms with Gasteiger partial charge in [-0.15, -0.1) is 0 Å². The number of carbonyl (C=O) groups is 1. The highest BCUT2D eigenvalue weighted by Crippen LogP contribution is 2.12. The lowest BCUT2D eigenvalue weighted by Crippen LogP contribution is -2.16. The van der Waals surface area contributed by atoms with Gasteiger partial charge in [-0.3, -0.25) is 4.79 Å². The summed E-state index contributed by atoms with van der Waals surface area (Å²) < 4.78 is 5.03. The topological polar surface area (TPSA) is 54.6 Å². The zero-order valence-corrected chi connectivity index (χ0v) is 13.4. The molecule has 0 aliphatic heterocycles. The van der Waals surface area contributed by atoms with E-state index in [1.54, 1.807) is 18.3 Å². The summed E-state index contributed by atoms with van der Waals surface area (Å²) in [6.07, 6.45) is 9.66. The van der Waals surface area contributed by atoms with Crippen molar-refractivity contribution < 1.29 is 9.21 Å². The van der Waals surface area contributed by atoms with Crippen LogP contribution in [0.1, 0.15) is 48.7 Å². The highest BCUT2D eigenvalue weighted by atomic mass is 16.3. The number of allylic oxidation sites excluding steroid dienone is 1. The van der Waals surface area contributed by atoms with Crippen molar-refractivity contribution in [3.05, 3.63) is 65.6 Å². The molecule has 0 saturated carbocycles. The van der Waals surface area contributed by atoms with E-state index >= 15 is 0 Å². The Morgan fingerprint density at radius 1 is 1.17 bits per heavy atom. The van der Waals surface area contributed by atoms with Crippen LogP contribution in [-0.2, 0) is 0 Å². The zero-order chi connectivity index (χ0) is 16.3. The van der Waals surface area contributed by atoms with Gasteiger partial charge in [0.05, 0.1) is 12.5 Å². The third-order valence-corrected chi connectivity index (χ3v) is 3.36. The average molecular weight is 310 g/mol. The second-order valence-corrected chi connectivity index (χ2v) is 5.26. The van der Waals surface area contributed by atoms with Crippen LogP contribution in [0.4, 0.5) is 0 Å². The second kappa shape index (κ2) is 9.41. The Balaban J connectivity index is 2.00. The molecule has 2 rings (SSSR count). The molecule has 0 aliphatic rings. The van der Waals surface area contributed by atoms with E-state index in [0.29, 0.717) is 0 Å². The summed E-state index contributed by atoms with van der Waals surface area (Å²) in [6, 6.07) is 13.4. The van der Waals surface area contributed by atoms with E-state index in [9.17, 15) is 4.79 Å². The van der Waals surface area contributed by atoms with E-state index < -0.39 is 0 Å². The molecular formula is C19H22N2O2. The molecule has 1 amide bonds. The number of hydrazone groups is 1. The molecule has 0 spiro atoms. The van der Waals surface area contributed by atoms with Crippen LogP contribution < -0.4 is 5.43 Å². The van der Waals surface area contributed by atoms with Gasteiger partial charge >= 0.3 is 5.91 Å². The summed E-state index contributed by atoms with van der Waals surface area (Å²) in [5.74, 6) is -0.0967. The minimum atomic E-state index is -0.348. The molecule has 1 aromatic carbocycles. The molecule has 0 aliphatic carbocycles. The molecule has 0 atom stereocenters. The first-order chi connectivity index (χ1) is 11.3.